The van der Waals surface area contributed by atoms with Crippen LogP contribution in [0.3, 0.4) is 0 Å². The third kappa shape index (κ3) is 2.31. The summed E-state index contributed by atoms with van der Waals surface area (Å²) in [6, 6.07) is 7.22. The molecule has 0 atom stereocenters. The van der Waals surface area contributed by atoms with Crippen molar-refractivity contribution in [1.82, 2.24) is 0 Å². The molecule has 0 saturated heterocycles. The lowest BCUT2D eigenvalue weighted by atomic mass is 10.1. The Balaban J connectivity index is 2.37. The molecule has 88 valence electrons. The average molecular weight is 248 g/mol. The van der Waals surface area contributed by atoms with Crippen LogP contribution in [0.4, 0.5) is 0 Å². The summed E-state index contributed by atoms with van der Waals surface area (Å²) >= 11 is 1.33. The maximum absolute atomic E-state index is 11.3. The highest BCUT2D eigenvalue weighted by molar-refractivity contribution is 7.12. The lowest BCUT2D eigenvalue weighted by Crippen LogP contribution is -1.96. The van der Waals surface area contributed by atoms with Gasteiger partial charge in [0.15, 0.2) is 0 Å². The largest absolute Gasteiger partial charge is 0.508 e. The van der Waals surface area contributed by atoms with Crippen LogP contribution in [0.5, 0.6) is 5.75 Å². The van der Waals surface area contributed by atoms with Crippen molar-refractivity contribution in [3.63, 3.8) is 0 Å². The summed E-state index contributed by atoms with van der Waals surface area (Å²) in [5.41, 5.74) is 2.63. The molecule has 0 spiro atoms. The van der Waals surface area contributed by atoms with Crippen LogP contribution in [-0.2, 0) is 4.74 Å². The van der Waals surface area contributed by atoms with Crippen LogP contribution >= 0.6 is 11.3 Å². The van der Waals surface area contributed by atoms with Crippen LogP contribution in [-0.4, -0.2) is 18.2 Å². The van der Waals surface area contributed by atoms with Crippen LogP contribution in [0.1, 0.15) is 15.2 Å². The minimum atomic E-state index is -0.336. The molecule has 3 nitrogen and oxygen atoms in total. The van der Waals surface area contributed by atoms with Gasteiger partial charge in [-0.15, -0.1) is 11.3 Å². The van der Waals surface area contributed by atoms with E-state index in [0.717, 1.165) is 16.7 Å². The van der Waals surface area contributed by atoms with E-state index in [2.05, 4.69) is 4.74 Å². The summed E-state index contributed by atoms with van der Waals surface area (Å²) in [7, 11) is 1.36. The number of ether oxygens (including phenoxy) is 1. The zero-order valence-electron chi connectivity index (χ0n) is 9.56. The lowest BCUT2D eigenvalue weighted by Gasteiger charge is -2.01. The number of rotatable bonds is 2. The highest BCUT2D eigenvalue weighted by Crippen LogP contribution is 2.29. The first-order chi connectivity index (χ1) is 8.11. The van der Waals surface area contributed by atoms with E-state index in [9.17, 15) is 9.90 Å². The van der Waals surface area contributed by atoms with Gasteiger partial charge >= 0.3 is 5.97 Å². The highest BCUT2D eigenvalue weighted by atomic mass is 32.1. The van der Waals surface area contributed by atoms with Gasteiger partial charge in [-0.25, -0.2) is 4.79 Å². The van der Waals surface area contributed by atoms with Crippen LogP contribution in [0.25, 0.3) is 11.1 Å². The molecule has 1 aromatic carbocycles. The van der Waals surface area contributed by atoms with E-state index in [-0.39, 0.29) is 11.7 Å². The molecule has 1 heterocycles. The van der Waals surface area contributed by atoms with Crippen molar-refractivity contribution in [2.75, 3.05) is 7.11 Å². The number of aromatic hydroxyl groups is 1. The molecular weight excluding hydrogens is 236 g/mol. The van der Waals surface area contributed by atoms with Gasteiger partial charge in [-0.05, 0) is 41.1 Å². The van der Waals surface area contributed by atoms with Gasteiger partial charge in [-0.2, -0.15) is 0 Å². The van der Waals surface area contributed by atoms with Crippen molar-refractivity contribution in [3.8, 4) is 16.9 Å². The summed E-state index contributed by atoms with van der Waals surface area (Å²) in [6.07, 6.45) is 0. The Kier molecular flexibility index (Phi) is 3.15. The van der Waals surface area contributed by atoms with Gasteiger partial charge in [0.2, 0.25) is 0 Å². The van der Waals surface area contributed by atoms with E-state index in [4.69, 9.17) is 0 Å². The molecule has 0 amide bonds. The summed E-state index contributed by atoms with van der Waals surface area (Å²) < 4.78 is 4.65. The second-order valence-electron chi connectivity index (χ2n) is 3.69. The molecule has 0 aliphatic heterocycles. The van der Waals surface area contributed by atoms with Crippen LogP contribution < -0.4 is 0 Å². The number of carbonyl (C=O) groups is 1. The van der Waals surface area contributed by atoms with E-state index in [1.807, 2.05) is 24.4 Å². The van der Waals surface area contributed by atoms with Crippen molar-refractivity contribution < 1.29 is 14.6 Å². The Morgan fingerprint density at radius 1 is 1.29 bits per heavy atom. The maximum atomic E-state index is 11.3. The summed E-state index contributed by atoms with van der Waals surface area (Å²) in [5, 5.41) is 11.5. The Morgan fingerprint density at radius 2 is 2.06 bits per heavy atom. The second-order valence-corrected chi connectivity index (χ2v) is 4.60. The molecule has 1 N–H and O–H groups in total. The molecule has 0 unspecified atom stereocenters. The number of aryl methyl sites for hydroxylation is 1. The summed E-state index contributed by atoms with van der Waals surface area (Å²) in [6.45, 7) is 1.84. The highest BCUT2D eigenvalue weighted by Gasteiger charge is 2.10. The smallest absolute Gasteiger partial charge is 0.348 e. The minimum absolute atomic E-state index is 0.258. The first-order valence-electron chi connectivity index (χ1n) is 5.08. The van der Waals surface area contributed by atoms with Crippen LogP contribution in [0.15, 0.2) is 29.6 Å². The summed E-state index contributed by atoms with van der Waals surface area (Å²) in [4.78, 5) is 11.9. The Labute approximate surface area is 103 Å². The maximum Gasteiger partial charge on any atom is 0.348 e. The number of phenolic OH excluding ortho intramolecular Hbond substituents is 1. The summed E-state index contributed by atoms with van der Waals surface area (Å²) in [5.74, 6) is -0.0779. The number of hydrogen-bond donors (Lipinski definition) is 1. The number of carbonyl (C=O) groups excluding carboxylic acids is 1. The van der Waals surface area contributed by atoms with E-state index in [0.29, 0.717) is 4.88 Å². The topological polar surface area (TPSA) is 46.5 Å². The molecule has 0 aliphatic rings. The fourth-order valence-electron chi connectivity index (χ4n) is 1.48. The molecule has 0 bridgehead atoms. The molecule has 1 aromatic heterocycles. The third-order valence-electron chi connectivity index (χ3n) is 2.53. The molecule has 0 radical (unpaired) electrons. The Bertz CT molecular complexity index is 558. The Morgan fingerprint density at radius 3 is 2.71 bits per heavy atom. The van der Waals surface area contributed by atoms with Gasteiger partial charge in [0.1, 0.15) is 10.6 Å². The van der Waals surface area contributed by atoms with E-state index < -0.39 is 0 Å². The molecular formula is C13H12O3S. The van der Waals surface area contributed by atoms with Gasteiger partial charge in [-0.1, -0.05) is 12.1 Å². The first-order valence-corrected chi connectivity index (χ1v) is 5.96. The van der Waals surface area contributed by atoms with Gasteiger partial charge in [0.05, 0.1) is 7.11 Å². The van der Waals surface area contributed by atoms with E-state index >= 15 is 0 Å². The normalized spacial score (nSPS) is 10.2. The third-order valence-corrected chi connectivity index (χ3v) is 3.44. The first kappa shape index (κ1) is 11.7. The monoisotopic (exact) mass is 248 g/mol. The standard InChI is InChI=1S/C13H12O3S/c1-8-3-4-9(5-11(8)14)10-6-12(17-7-10)13(15)16-2/h3-7,14H,1-2H3. The molecule has 2 aromatic rings. The van der Waals surface area contributed by atoms with Crippen molar-refractivity contribution in [2.45, 2.75) is 6.92 Å². The fraction of sp³-hybridized carbons (Fsp3) is 0.154. The quantitative estimate of drug-likeness (QED) is 0.830. The number of thiophene rings is 1. The fourth-order valence-corrected chi connectivity index (χ4v) is 2.32. The molecule has 0 fully saturated rings. The van der Waals surface area contributed by atoms with Crippen molar-refractivity contribution >= 4 is 17.3 Å². The lowest BCUT2D eigenvalue weighted by molar-refractivity contribution is 0.0606. The predicted molar refractivity (Wildman–Crippen MR) is 67.5 cm³/mol. The number of phenols is 1. The number of esters is 1. The molecule has 17 heavy (non-hydrogen) atoms. The number of benzene rings is 1. The molecule has 0 saturated carbocycles. The van der Waals surface area contributed by atoms with Crippen LogP contribution in [0.2, 0.25) is 0 Å². The van der Waals surface area contributed by atoms with Gasteiger partial charge in [0, 0.05) is 0 Å². The minimum Gasteiger partial charge on any atom is -0.508 e. The van der Waals surface area contributed by atoms with Crippen molar-refractivity contribution in [1.29, 1.82) is 0 Å². The predicted octanol–water partition coefficient (Wildman–Crippen LogP) is 3.22. The van der Waals surface area contributed by atoms with Crippen molar-refractivity contribution in [3.05, 3.63) is 40.1 Å². The van der Waals surface area contributed by atoms with Gasteiger partial charge in [-0.3, -0.25) is 0 Å². The molecule has 4 heteroatoms. The van der Waals surface area contributed by atoms with Crippen molar-refractivity contribution in [2.24, 2.45) is 0 Å². The van der Waals surface area contributed by atoms with E-state index in [1.54, 1.807) is 12.1 Å². The van der Waals surface area contributed by atoms with Crippen LogP contribution in [0, 0.1) is 6.92 Å². The molecule has 0 aliphatic carbocycles. The second kappa shape index (κ2) is 4.59. The zero-order valence-corrected chi connectivity index (χ0v) is 10.4. The Hall–Kier alpha value is -1.81. The average Bonchev–Trinajstić information content (AvgIpc) is 2.81. The molecule has 2 rings (SSSR count). The number of hydrogen-bond acceptors (Lipinski definition) is 4. The van der Waals surface area contributed by atoms with E-state index in [1.165, 1.54) is 18.4 Å². The zero-order chi connectivity index (χ0) is 12.4. The van der Waals surface area contributed by atoms with Gasteiger partial charge < -0.3 is 9.84 Å². The SMILES string of the molecule is COC(=O)c1cc(-c2ccc(C)c(O)c2)cs1. The number of methoxy groups -OCH3 is 1. The van der Waals surface area contributed by atoms with Gasteiger partial charge in [0.25, 0.3) is 0 Å².